The van der Waals surface area contributed by atoms with Crippen LogP contribution in [-0.4, -0.2) is 50.3 Å². The number of carbonyl (C=O) groups excluding carboxylic acids is 1. The summed E-state index contributed by atoms with van der Waals surface area (Å²) in [5.41, 5.74) is 1.32. The summed E-state index contributed by atoms with van der Waals surface area (Å²) < 4.78 is 1.67. The fraction of sp³-hybridized carbons (Fsp3) is 0.500. The van der Waals surface area contributed by atoms with Crippen LogP contribution in [0.3, 0.4) is 0 Å². The lowest BCUT2D eigenvalue weighted by molar-refractivity contribution is 0.181. The van der Waals surface area contributed by atoms with E-state index in [0.717, 1.165) is 31.8 Å². The number of amides is 2. The third-order valence-electron chi connectivity index (χ3n) is 4.23. The number of piperidine rings is 1. The second kappa shape index (κ2) is 7.21. The first-order valence-electron chi connectivity index (χ1n) is 7.99. The maximum absolute atomic E-state index is 12.2. The van der Waals surface area contributed by atoms with Crippen molar-refractivity contribution in [2.24, 2.45) is 7.05 Å². The van der Waals surface area contributed by atoms with Gasteiger partial charge in [-0.2, -0.15) is 5.10 Å². The van der Waals surface area contributed by atoms with Crippen molar-refractivity contribution in [3.05, 3.63) is 42.2 Å². The van der Waals surface area contributed by atoms with Gasteiger partial charge in [-0.05, 0) is 36.5 Å². The Hall–Kier alpha value is -2.44. The fourth-order valence-electron chi connectivity index (χ4n) is 2.94. The van der Waals surface area contributed by atoms with E-state index in [2.05, 4.69) is 32.5 Å². The van der Waals surface area contributed by atoms with Crippen molar-refractivity contribution in [3.63, 3.8) is 0 Å². The third-order valence-corrected chi connectivity index (χ3v) is 4.23. The van der Waals surface area contributed by atoms with Crippen LogP contribution in [0.25, 0.3) is 0 Å². The Morgan fingerprint density at radius 1 is 1.30 bits per heavy atom. The molecule has 1 aliphatic rings. The number of urea groups is 1. The van der Waals surface area contributed by atoms with Gasteiger partial charge in [0.2, 0.25) is 0 Å². The van der Waals surface area contributed by atoms with Crippen molar-refractivity contribution in [2.45, 2.75) is 25.2 Å². The number of pyridine rings is 1. The van der Waals surface area contributed by atoms with Crippen LogP contribution in [0.5, 0.6) is 0 Å². The van der Waals surface area contributed by atoms with Gasteiger partial charge < -0.3 is 10.2 Å². The molecule has 1 N–H and O–H groups in total. The second-order valence-corrected chi connectivity index (χ2v) is 5.86. The fourth-order valence-corrected chi connectivity index (χ4v) is 2.94. The van der Waals surface area contributed by atoms with E-state index in [4.69, 9.17) is 0 Å². The van der Waals surface area contributed by atoms with Crippen molar-refractivity contribution >= 4 is 6.03 Å². The Morgan fingerprint density at radius 3 is 2.70 bits per heavy atom. The van der Waals surface area contributed by atoms with E-state index in [-0.39, 0.29) is 6.03 Å². The summed E-state index contributed by atoms with van der Waals surface area (Å²) in [6.07, 6.45) is 7.99. The summed E-state index contributed by atoms with van der Waals surface area (Å²) in [7, 11) is 1.84. The van der Waals surface area contributed by atoms with Crippen molar-refractivity contribution in [3.8, 4) is 0 Å². The van der Waals surface area contributed by atoms with Gasteiger partial charge in [-0.3, -0.25) is 9.67 Å². The van der Waals surface area contributed by atoms with Gasteiger partial charge in [0.15, 0.2) is 5.82 Å². The highest BCUT2D eigenvalue weighted by Crippen LogP contribution is 2.27. The minimum Gasteiger partial charge on any atom is -0.338 e. The zero-order chi connectivity index (χ0) is 16.1. The van der Waals surface area contributed by atoms with Crippen LogP contribution >= 0.6 is 0 Å². The van der Waals surface area contributed by atoms with Crippen molar-refractivity contribution in [1.29, 1.82) is 0 Å². The van der Waals surface area contributed by atoms with Crippen LogP contribution in [0.15, 0.2) is 30.9 Å². The van der Waals surface area contributed by atoms with Crippen LogP contribution < -0.4 is 5.32 Å². The molecule has 0 radical (unpaired) electrons. The number of aromatic nitrogens is 4. The molecule has 0 atom stereocenters. The molecule has 3 rings (SSSR count). The van der Waals surface area contributed by atoms with Gasteiger partial charge in [-0.25, -0.2) is 9.78 Å². The number of aryl methyl sites for hydroxylation is 1. The molecule has 0 aliphatic carbocycles. The molecule has 0 unspecified atom stereocenters. The van der Waals surface area contributed by atoms with E-state index in [1.54, 1.807) is 11.0 Å². The summed E-state index contributed by atoms with van der Waals surface area (Å²) >= 11 is 0. The van der Waals surface area contributed by atoms with Crippen molar-refractivity contribution < 1.29 is 4.79 Å². The number of hydrogen-bond donors (Lipinski definition) is 1. The molecule has 122 valence electrons. The van der Waals surface area contributed by atoms with Crippen LogP contribution in [0.1, 0.15) is 30.1 Å². The van der Waals surface area contributed by atoms with Crippen LogP contribution in [-0.2, 0) is 13.5 Å². The van der Waals surface area contributed by atoms with E-state index < -0.39 is 0 Å². The van der Waals surface area contributed by atoms with E-state index in [0.29, 0.717) is 18.9 Å². The molecule has 3 heterocycles. The number of carbonyl (C=O) groups is 1. The molecule has 0 saturated carbocycles. The first-order chi connectivity index (χ1) is 11.2. The summed E-state index contributed by atoms with van der Waals surface area (Å²) in [5.74, 6) is 1.28. The third kappa shape index (κ3) is 4.06. The Bertz CT molecular complexity index is 633. The summed E-state index contributed by atoms with van der Waals surface area (Å²) in [5, 5.41) is 7.15. The molecule has 1 aliphatic heterocycles. The minimum atomic E-state index is 0.00843. The standard InChI is InChI=1S/C16H22N6O/c1-21-12-19-15(20-21)4-9-18-16(23)22-10-5-14(6-11-22)13-2-7-17-8-3-13/h2-3,7-8,12,14H,4-6,9-11H2,1H3,(H,18,23). The molecule has 7 heteroatoms. The summed E-state index contributed by atoms with van der Waals surface area (Å²) in [4.78, 5) is 22.3. The Balaban J connectivity index is 1.41. The predicted octanol–water partition coefficient (Wildman–Crippen LogP) is 1.34. The normalized spacial score (nSPS) is 15.6. The molecule has 0 bridgehead atoms. The molecule has 0 aromatic carbocycles. The smallest absolute Gasteiger partial charge is 0.317 e. The van der Waals surface area contributed by atoms with E-state index in [1.807, 2.05) is 24.3 Å². The maximum atomic E-state index is 12.2. The number of nitrogens with one attached hydrogen (secondary N) is 1. The monoisotopic (exact) mass is 314 g/mol. The Morgan fingerprint density at radius 2 is 2.04 bits per heavy atom. The average Bonchev–Trinajstić information content (AvgIpc) is 3.01. The lowest BCUT2D eigenvalue weighted by Crippen LogP contribution is -2.44. The minimum absolute atomic E-state index is 0.00843. The first-order valence-corrected chi connectivity index (χ1v) is 7.99. The molecular weight excluding hydrogens is 292 g/mol. The molecule has 2 aromatic rings. The molecule has 1 fully saturated rings. The van der Waals surface area contributed by atoms with Gasteiger partial charge in [-0.15, -0.1) is 0 Å². The zero-order valence-electron chi connectivity index (χ0n) is 13.4. The van der Waals surface area contributed by atoms with Gasteiger partial charge in [-0.1, -0.05) is 0 Å². The summed E-state index contributed by atoms with van der Waals surface area (Å²) in [6, 6.07) is 4.15. The van der Waals surface area contributed by atoms with Gasteiger partial charge in [0.05, 0.1) is 0 Å². The molecule has 2 amide bonds. The van der Waals surface area contributed by atoms with Crippen LogP contribution in [0, 0.1) is 0 Å². The zero-order valence-corrected chi connectivity index (χ0v) is 13.4. The Kier molecular flexibility index (Phi) is 4.85. The van der Waals surface area contributed by atoms with Gasteiger partial charge in [0.1, 0.15) is 6.33 Å². The maximum Gasteiger partial charge on any atom is 0.317 e. The summed E-state index contributed by atoms with van der Waals surface area (Å²) in [6.45, 7) is 2.15. The SMILES string of the molecule is Cn1cnc(CCNC(=O)N2CCC(c3ccncc3)CC2)n1. The quantitative estimate of drug-likeness (QED) is 0.924. The molecule has 7 nitrogen and oxygen atoms in total. The molecule has 23 heavy (non-hydrogen) atoms. The van der Waals surface area contributed by atoms with E-state index >= 15 is 0 Å². The second-order valence-electron chi connectivity index (χ2n) is 5.86. The van der Waals surface area contributed by atoms with E-state index in [9.17, 15) is 4.79 Å². The van der Waals surface area contributed by atoms with Gasteiger partial charge >= 0.3 is 6.03 Å². The highest BCUT2D eigenvalue weighted by Gasteiger charge is 2.23. The average molecular weight is 314 g/mol. The highest BCUT2D eigenvalue weighted by atomic mass is 16.2. The molecular formula is C16H22N6O. The number of nitrogens with zero attached hydrogens (tertiary/aromatic N) is 5. The first kappa shape index (κ1) is 15.5. The van der Waals surface area contributed by atoms with Gasteiger partial charge in [0.25, 0.3) is 0 Å². The predicted molar refractivity (Wildman–Crippen MR) is 85.9 cm³/mol. The lowest BCUT2D eigenvalue weighted by Gasteiger charge is -2.32. The molecule has 2 aromatic heterocycles. The number of hydrogen-bond acceptors (Lipinski definition) is 4. The van der Waals surface area contributed by atoms with E-state index in [1.165, 1.54) is 5.56 Å². The number of likely N-dealkylation sites (tertiary alicyclic amines) is 1. The highest BCUT2D eigenvalue weighted by molar-refractivity contribution is 5.74. The lowest BCUT2D eigenvalue weighted by atomic mass is 9.90. The largest absolute Gasteiger partial charge is 0.338 e. The van der Waals surface area contributed by atoms with Crippen LogP contribution in [0.4, 0.5) is 4.79 Å². The van der Waals surface area contributed by atoms with Gasteiger partial charge in [0, 0.05) is 45.5 Å². The van der Waals surface area contributed by atoms with Crippen LogP contribution in [0.2, 0.25) is 0 Å². The topological polar surface area (TPSA) is 75.9 Å². The van der Waals surface area contributed by atoms with Crippen molar-refractivity contribution in [2.75, 3.05) is 19.6 Å². The number of rotatable bonds is 4. The Labute approximate surface area is 135 Å². The molecule has 0 spiro atoms. The molecule has 1 saturated heterocycles. The van der Waals surface area contributed by atoms with Crippen molar-refractivity contribution in [1.82, 2.24) is 30.0 Å².